The highest BCUT2D eigenvalue weighted by Gasteiger charge is 2.02. The Balaban J connectivity index is 2.39. The highest BCUT2D eigenvalue weighted by Crippen LogP contribution is 2.13. The molecule has 1 nitrogen and oxygen atoms in total. The topological polar surface area (TPSA) is 12.0 Å². The number of hydrogen-bond acceptors (Lipinski definition) is 1. The molecule has 0 spiro atoms. The Bertz CT molecular complexity index is 317. The number of hydrogen-bond donors (Lipinski definition) is 1. The van der Waals surface area contributed by atoms with Gasteiger partial charge in [-0.1, -0.05) is 32.0 Å². The summed E-state index contributed by atoms with van der Waals surface area (Å²) in [5.41, 5.74) is 4.28. The lowest BCUT2D eigenvalue weighted by Crippen LogP contribution is -2.20. The SMILES string of the molecule is CCNCC(C)CCc1ccc(C)c(C)c1. The summed E-state index contributed by atoms with van der Waals surface area (Å²) in [6.07, 6.45) is 2.48. The Morgan fingerprint density at radius 2 is 1.94 bits per heavy atom. The molecular weight excluding hydrogens is 194 g/mol. The second kappa shape index (κ2) is 6.70. The van der Waals surface area contributed by atoms with Crippen molar-refractivity contribution < 1.29 is 0 Å². The van der Waals surface area contributed by atoms with Gasteiger partial charge in [0.1, 0.15) is 0 Å². The average molecular weight is 219 g/mol. The van der Waals surface area contributed by atoms with Gasteiger partial charge in [-0.15, -0.1) is 0 Å². The van der Waals surface area contributed by atoms with Gasteiger partial charge in [-0.25, -0.2) is 0 Å². The van der Waals surface area contributed by atoms with Crippen molar-refractivity contribution >= 4 is 0 Å². The van der Waals surface area contributed by atoms with Gasteiger partial charge in [0.05, 0.1) is 0 Å². The van der Waals surface area contributed by atoms with Crippen LogP contribution in [0.4, 0.5) is 0 Å². The van der Waals surface area contributed by atoms with Crippen molar-refractivity contribution in [3.63, 3.8) is 0 Å². The van der Waals surface area contributed by atoms with Crippen molar-refractivity contribution in [2.75, 3.05) is 13.1 Å². The first-order valence-electron chi connectivity index (χ1n) is 6.40. The molecule has 0 saturated heterocycles. The van der Waals surface area contributed by atoms with Crippen molar-refractivity contribution in [1.29, 1.82) is 0 Å². The first-order chi connectivity index (χ1) is 7.63. The number of nitrogens with one attached hydrogen (secondary N) is 1. The van der Waals surface area contributed by atoms with Gasteiger partial charge in [0, 0.05) is 0 Å². The van der Waals surface area contributed by atoms with Crippen LogP contribution in [0, 0.1) is 19.8 Å². The smallest absolute Gasteiger partial charge is 0.00232 e. The van der Waals surface area contributed by atoms with Gasteiger partial charge < -0.3 is 5.32 Å². The summed E-state index contributed by atoms with van der Waals surface area (Å²) in [5.74, 6) is 0.765. The first kappa shape index (κ1) is 13.2. The molecular formula is C15H25N. The minimum absolute atomic E-state index is 0.765. The maximum absolute atomic E-state index is 3.40. The van der Waals surface area contributed by atoms with Gasteiger partial charge in [0.15, 0.2) is 0 Å². The molecule has 0 heterocycles. The van der Waals surface area contributed by atoms with E-state index in [4.69, 9.17) is 0 Å². The summed E-state index contributed by atoms with van der Waals surface area (Å²) >= 11 is 0. The van der Waals surface area contributed by atoms with E-state index >= 15 is 0 Å². The van der Waals surface area contributed by atoms with E-state index in [9.17, 15) is 0 Å². The maximum atomic E-state index is 3.40. The monoisotopic (exact) mass is 219 g/mol. The molecule has 1 atom stereocenters. The molecule has 16 heavy (non-hydrogen) atoms. The summed E-state index contributed by atoms with van der Waals surface area (Å²) in [6, 6.07) is 6.83. The lowest BCUT2D eigenvalue weighted by atomic mass is 9.98. The molecule has 0 aliphatic rings. The molecule has 0 aliphatic carbocycles. The van der Waals surface area contributed by atoms with Crippen molar-refractivity contribution in [3.8, 4) is 0 Å². The zero-order valence-electron chi connectivity index (χ0n) is 11.1. The molecule has 1 unspecified atom stereocenters. The number of benzene rings is 1. The van der Waals surface area contributed by atoms with Gasteiger partial charge >= 0.3 is 0 Å². The third-order valence-electron chi connectivity index (χ3n) is 3.24. The van der Waals surface area contributed by atoms with E-state index in [-0.39, 0.29) is 0 Å². The minimum atomic E-state index is 0.765. The Morgan fingerprint density at radius 3 is 2.56 bits per heavy atom. The Kier molecular flexibility index (Phi) is 5.54. The summed E-state index contributed by atoms with van der Waals surface area (Å²) in [6.45, 7) is 11.1. The molecule has 0 radical (unpaired) electrons. The molecule has 0 fully saturated rings. The largest absolute Gasteiger partial charge is 0.317 e. The maximum Gasteiger partial charge on any atom is -0.00232 e. The van der Waals surface area contributed by atoms with Gasteiger partial charge in [-0.2, -0.15) is 0 Å². The summed E-state index contributed by atoms with van der Waals surface area (Å²) < 4.78 is 0. The van der Waals surface area contributed by atoms with Gasteiger partial charge in [0.25, 0.3) is 0 Å². The molecule has 0 saturated carbocycles. The van der Waals surface area contributed by atoms with Crippen molar-refractivity contribution in [2.45, 2.75) is 40.5 Å². The lowest BCUT2D eigenvalue weighted by Gasteiger charge is -2.12. The second-order valence-electron chi connectivity index (χ2n) is 4.87. The molecule has 1 heteroatoms. The molecule has 1 rings (SSSR count). The molecule has 0 aliphatic heterocycles. The molecule has 1 N–H and O–H groups in total. The third-order valence-corrected chi connectivity index (χ3v) is 3.24. The number of aryl methyl sites for hydroxylation is 3. The van der Waals surface area contributed by atoms with Gasteiger partial charge in [-0.3, -0.25) is 0 Å². The third kappa shape index (κ3) is 4.36. The fraction of sp³-hybridized carbons (Fsp3) is 0.600. The standard InChI is InChI=1S/C15H25N/c1-5-16-11-12(2)6-8-15-9-7-13(3)14(4)10-15/h7,9-10,12,16H,5-6,8,11H2,1-4H3. The molecule has 0 bridgehead atoms. The first-order valence-corrected chi connectivity index (χ1v) is 6.40. The van der Waals surface area contributed by atoms with Crippen LogP contribution in [0.15, 0.2) is 18.2 Å². The van der Waals surface area contributed by atoms with Crippen LogP contribution in [0.5, 0.6) is 0 Å². The van der Waals surface area contributed by atoms with E-state index in [2.05, 4.69) is 51.2 Å². The van der Waals surface area contributed by atoms with Crippen LogP contribution >= 0.6 is 0 Å². The van der Waals surface area contributed by atoms with Gasteiger partial charge in [0.2, 0.25) is 0 Å². The predicted molar refractivity (Wildman–Crippen MR) is 71.9 cm³/mol. The number of rotatable bonds is 6. The summed E-state index contributed by atoms with van der Waals surface area (Å²) in [4.78, 5) is 0. The summed E-state index contributed by atoms with van der Waals surface area (Å²) in [7, 11) is 0. The zero-order chi connectivity index (χ0) is 12.0. The van der Waals surface area contributed by atoms with Gasteiger partial charge in [-0.05, 0) is 62.4 Å². The molecule has 0 aromatic heterocycles. The Labute approximate surface area is 100 Å². The Morgan fingerprint density at radius 1 is 1.19 bits per heavy atom. The molecule has 1 aromatic rings. The quantitative estimate of drug-likeness (QED) is 0.772. The van der Waals surface area contributed by atoms with E-state index in [0.717, 1.165) is 19.0 Å². The minimum Gasteiger partial charge on any atom is -0.317 e. The highest BCUT2D eigenvalue weighted by atomic mass is 14.8. The molecule has 90 valence electrons. The van der Waals surface area contributed by atoms with E-state index < -0.39 is 0 Å². The van der Waals surface area contributed by atoms with E-state index in [1.807, 2.05) is 0 Å². The van der Waals surface area contributed by atoms with E-state index in [1.54, 1.807) is 0 Å². The van der Waals surface area contributed by atoms with E-state index in [1.165, 1.54) is 29.5 Å². The molecule has 1 aromatic carbocycles. The highest BCUT2D eigenvalue weighted by molar-refractivity contribution is 5.29. The Hall–Kier alpha value is -0.820. The summed E-state index contributed by atoms with van der Waals surface area (Å²) in [5, 5.41) is 3.40. The van der Waals surface area contributed by atoms with Crippen LogP contribution in [0.1, 0.15) is 37.0 Å². The van der Waals surface area contributed by atoms with E-state index in [0.29, 0.717) is 0 Å². The van der Waals surface area contributed by atoms with Crippen LogP contribution in [-0.2, 0) is 6.42 Å². The predicted octanol–water partition coefficient (Wildman–Crippen LogP) is 3.48. The van der Waals surface area contributed by atoms with Crippen LogP contribution in [0.2, 0.25) is 0 Å². The van der Waals surface area contributed by atoms with Crippen LogP contribution in [0.3, 0.4) is 0 Å². The lowest BCUT2D eigenvalue weighted by molar-refractivity contribution is 0.489. The molecule has 0 amide bonds. The van der Waals surface area contributed by atoms with Crippen LogP contribution in [-0.4, -0.2) is 13.1 Å². The second-order valence-corrected chi connectivity index (χ2v) is 4.87. The van der Waals surface area contributed by atoms with Crippen molar-refractivity contribution in [3.05, 3.63) is 34.9 Å². The van der Waals surface area contributed by atoms with Crippen LogP contribution < -0.4 is 5.32 Å². The van der Waals surface area contributed by atoms with Crippen LogP contribution in [0.25, 0.3) is 0 Å². The van der Waals surface area contributed by atoms with Crippen molar-refractivity contribution in [1.82, 2.24) is 5.32 Å². The fourth-order valence-corrected chi connectivity index (χ4v) is 1.86. The van der Waals surface area contributed by atoms with Crippen molar-refractivity contribution in [2.24, 2.45) is 5.92 Å². The average Bonchev–Trinajstić information content (AvgIpc) is 2.28. The normalized spacial score (nSPS) is 12.8. The fourth-order valence-electron chi connectivity index (χ4n) is 1.86. The zero-order valence-corrected chi connectivity index (χ0v) is 11.1.